The minimum atomic E-state index is 0.467. The maximum atomic E-state index is 5.66. The summed E-state index contributed by atoms with van der Waals surface area (Å²) in [5.74, 6) is 1.52. The van der Waals surface area contributed by atoms with Crippen LogP contribution in [0.2, 0.25) is 0 Å². The van der Waals surface area contributed by atoms with Crippen molar-refractivity contribution in [3.63, 3.8) is 0 Å². The molecular weight excluding hydrogens is 362 g/mol. The molecule has 6 heteroatoms. The van der Waals surface area contributed by atoms with Gasteiger partial charge in [0.05, 0.1) is 6.54 Å². The van der Waals surface area contributed by atoms with Crippen LogP contribution in [0.25, 0.3) is 11.5 Å². The van der Waals surface area contributed by atoms with E-state index in [1.165, 1.54) is 44.2 Å². The van der Waals surface area contributed by atoms with E-state index >= 15 is 0 Å². The molecule has 1 aliphatic heterocycles. The number of aromatic nitrogens is 1. The summed E-state index contributed by atoms with van der Waals surface area (Å²) in [4.78, 5) is 12.0. The molecule has 2 aromatic rings. The lowest BCUT2D eigenvalue weighted by Gasteiger charge is -2.24. The highest BCUT2D eigenvalue weighted by molar-refractivity contribution is 5.80. The Bertz CT molecular complexity index is 807. The van der Waals surface area contributed by atoms with Crippen LogP contribution in [0.4, 0.5) is 0 Å². The Labute approximate surface area is 173 Å². The van der Waals surface area contributed by atoms with Gasteiger partial charge in [0, 0.05) is 37.3 Å². The Morgan fingerprint density at radius 1 is 1.21 bits per heavy atom. The second-order valence-electron chi connectivity index (χ2n) is 8.27. The van der Waals surface area contributed by atoms with Crippen LogP contribution < -0.4 is 10.6 Å². The van der Waals surface area contributed by atoms with Crippen molar-refractivity contribution in [2.75, 3.05) is 19.6 Å². The molecule has 1 atom stereocenters. The SMILES string of the molecule is CCNC(=NCc1coc(-c2ccc(C)cc2)n1)NC1CCN(C2CCCC2)C1. The van der Waals surface area contributed by atoms with E-state index in [2.05, 4.69) is 46.5 Å². The first-order valence-corrected chi connectivity index (χ1v) is 11.0. The number of guanidine groups is 1. The van der Waals surface area contributed by atoms with E-state index in [1.54, 1.807) is 6.26 Å². The van der Waals surface area contributed by atoms with Crippen LogP contribution >= 0.6 is 0 Å². The third kappa shape index (κ3) is 5.18. The number of aryl methyl sites for hydroxylation is 1. The van der Waals surface area contributed by atoms with Crippen molar-refractivity contribution in [3.05, 3.63) is 41.8 Å². The standard InChI is InChI=1S/C23H33N5O/c1-3-24-23(27-19-12-13-28(15-19)21-6-4-5-7-21)25-14-20-16-29-22(26-20)18-10-8-17(2)9-11-18/h8-11,16,19,21H,3-7,12-15H2,1-2H3,(H2,24,25,27). The predicted octanol–water partition coefficient (Wildman–Crippen LogP) is 3.72. The third-order valence-electron chi connectivity index (χ3n) is 6.00. The number of hydrogen-bond acceptors (Lipinski definition) is 4. The average Bonchev–Trinajstić information content (AvgIpc) is 3.48. The molecule has 2 N–H and O–H groups in total. The first kappa shape index (κ1) is 20.0. The Hall–Kier alpha value is -2.34. The highest BCUT2D eigenvalue weighted by atomic mass is 16.3. The van der Waals surface area contributed by atoms with E-state index in [-0.39, 0.29) is 0 Å². The zero-order chi connectivity index (χ0) is 20.1. The number of likely N-dealkylation sites (tertiary alicyclic amines) is 1. The van der Waals surface area contributed by atoms with Crippen LogP contribution in [0.1, 0.15) is 50.3 Å². The predicted molar refractivity (Wildman–Crippen MR) is 117 cm³/mol. The highest BCUT2D eigenvalue weighted by Crippen LogP contribution is 2.26. The van der Waals surface area contributed by atoms with Crippen molar-refractivity contribution in [2.45, 2.75) is 64.6 Å². The van der Waals surface area contributed by atoms with Crippen LogP contribution in [0.15, 0.2) is 39.9 Å². The molecule has 1 saturated heterocycles. The molecule has 0 radical (unpaired) electrons. The quantitative estimate of drug-likeness (QED) is 0.576. The summed E-state index contributed by atoms with van der Waals surface area (Å²) in [6.07, 6.45) is 8.42. The normalized spacial score (nSPS) is 21.0. The van der Waals surface area contributed by atoms with E-state index in [0.29, 0.717) is 18.5 Å². The van der Waals surface area contributed by atoms with E-state index in [0.717, 1.165) is 36.3 Å². The van der Waals surface area contributed by atoms with Crippen LogP contribution in [-0.2, 0) is 6.54 Å². The van der Waals surface area contributed by atoms with Gasteiger partial charge in [-0.3, -0.25) is 4.90 Å². The molecule has 2 aliphatic rings. The monoisotopic (exact) mass is 395 g/mol. The minimum absolute atomic E-state index is 0.467. The zero-order valence-electron chi connectivity index (χ0n) is 17.7. The zero-order valence-corrected chi connectivity index (χ0v) is 17.7. The number of hydrogen-bond donors (Lipinski definition) is 2. The van der Waals surface area contributed by atoms with Gasteiger partial charge in [-0.1, -0.05) is 30.5 Å². The van der Waals surface area contributed by atoms with Crippen molar-refractivity contribution in [2.24, 2.45) is 4.99 Å². The molecule has 0 amide bonds. The lowest BCUT2D eigenvalue weighted by molar-refractivity contribution is 0.242. The molecular formula is C23H33N5O. The van der Waals surface area contributed by atoms with Gasteiger partial charge < -0.3 is 15.1 Å². The van der Waals surface area contributed by atoms with Crippen LogP contribution in [0.5, 0.6) is 0 Å². The Morgan fingerprint density at radius 3 is 2.76 bits per heavy atom. The van der Waals surface area contributed by atoms with Gasteiger partial charge in [0.2, 0.25) is 5.89 Å². The van der Waals surface area contributed by atoms with Gasteiger partial charge >= 0.3 is 0 Å². The van der Waals surface area contributed by atoms with Crippen molar-refractivity contribution < 1.29 is 4.42 Å². The third-order valence-corrected chi connectivity index (χ3v) is 6.00. The summed E-state index contributed by atoms with van der Waals surface area (Å²) in [7, 11) is 0. The number of aliphatic imine (C=N–C) groups is 1. The largest absolute Gasteiger partial charge is 0.444 e. The van der Waals surface area contributed by atoms with Crippen molar-refractivity contribution >= 4 is 5.96 Å². The molecule has 1 aromatic heterocycles. The number of oxazole rings is 1. The van der Waals surface area contributed by atoms with Gasteiger partial charge in [0.15, 0.2) is 5.96 Å². The smallest absolute Gasteiger partial charge is 0.226 e. The van der Waals surface area contributed by atoms with Gasteiger partial charge in [-0.05, 0) is 45.2 Å². The first-order chi connectivity index (χ1) is 14.2. The fraction of sp³-hybridized carbons (Fsp3) is 0.565. The Morgan fingerprint density at radius 2 is 2.00 bits per heavy atom. The van der Waals surface area contributed by atoms with Crippen LogP contribution in [0.3, 0.4) is 0 Å². The molecule has 1 aliphatic carbocycles. The first-order valence-electron chi connectivity index (χ1n) is 11.0. The summed E-state index contributed by atoms with van der Waals surface area (Å²) >= 11 is 0. The van der Waals surface area contributed by atoms with E-state index in [1.807, 2.05) is 12.1 Å². The van der Waals surface area contributed by atoms with E-state index < -0.39 is 0 Å². The number of rotatable bonds is 6. The van der Waals surface area contributed by atoms with Gasteiger partial charge in [0.25, 0.3) is 0 Å². The molecule has 1 aromatic carbocycles. The minimum Gasteiger partial charge on any atom is -0.444 e. The molecule has 6 nitrogen and oxygen atoms in total. The average molecular weight is 396 g/mol. The van der Waals surface area contributed by atoms with Gasteiger partial charge in [-0.2, -0.15) is 0 Å². The maximum Gasteiger partial charge on any atom is 0.226 e. The van der Waals surface area contributed by atoms with Crippen LogP contribution in [-0.4, -0.2) is 47.6 Å². The Kier molecular flexibility index (Phi) is 6.49. The van der Waals surface area contributed by atoms with Crippen molar-refractivity contribution in [1.82, 2.24) is 20.5 Å². The van der Waals surface area contributed by atoms with Gasteiger partial charge in [-0.15, -0.1) is 0 Å². The maximum absolute atomic E-state index is 5.66. The lowest BCUT2D eigenvalue weighted by Crippen LogP contribution is -2.45. The van der Waals surface area contributed by atoms with E-state index in [4.69, 9.17) is 9.41 Å². The molecule has 156 valence electrons. The molecule has 0 bridgehead atoms. The summed E-state index contributed by atoms with van der Waals surface area (Å²) < 4.78 is 5.66. The van der Waals surface area contributed by atoms with E-state index in [9.17, 15) is 0 Å². The van der Waals surface area contributed by atoms with Crippen LogP contribution in [0, 0.1) is 6.92 Å². The molecule has 0 spiro atoms. The Balaban J connectivity index is 1.34. The molecule has 4 rings (SSSR count). The number of benzene rings is 1. The van der Waals surface area contributed by atoms with Crippen molar-refractivity contribution in [3.8, 4) is 11.5 Å². The van der Waals surface area contributed by atoms with Gasteiger partial charge in [0.1, 0.15) is 12.0 Å². The second-order valence-corrected chi connectivity index (χ2v) is 8.27. The molecule has 2 fully saturated rings. The number of nitrogens with one attached hydrogen (secondary N) is 2. The highest BCUT2D eigenvalue weighted by Gasteiger charge is 2.30. The van der Waals surface area contributed by atoms with Gasteiger partial charge in [-0.25, -0.2) is 9.98 Å². The summed E-state index contributed by atoms with van der Waals surface area (Å²) in [6.45, 7) is 7.85. The fourth-order valence-electron chi connectivity index (χ4n) is 4.39. The molecule has 2 heterocycles. The molecule has 29 heavy (non-hydrogen) atoms. The molecule has 1 unspecified atom stereocenters. The fourth-order valence-corrected chi connectivity index (χ4v) is 4.39. The topological polar surface area (TPSA) is 65.7 Å². The molecule has 1 saturated carbocycles. The summed E-state index contributed by atoms with van der Waals surface area (Å²) in [5, 5.41) is 6.99. The second kappa shape index (κ2) is 9.44. The number of nitrogens with zero attached hydrogens (tertiary/aromatic N) is 3. The lowest BCUT2D eigenvalue weighted by atomic mass is 10.1. The summed E-state index contributed by atoms with van der Waals surface area (Å²) in [5.41, 5.74) is 3.07. The van der Waals surface area contributed by atoms with Crippen molar-refractivity contribution in [1.29, 1.82) is 0 Å². The summed E-state index contributed by atoms with van der Waals surface area (Å²) in [6, 6.07) is 9.49.